The van der Waals surface area contributed by atoms with E-state index in [1.807, 2.05) is 0 Å². The van der Waals surface area contributed by atoms with Crippen molar-refractivity contribution in [3.8, 4) is 0 Å². The number of carbonyl (C=O) groups excluding carboxylic acids is 2. The van der Waals surface area contributed by atoms with E-state index in [1.54, 1.807) is 37.3 Å². The average Bonchev–Trinajstić information content (AvgIpc) is 3.25. The molecule has 0 aliphatic heterocycles. The van der Waals surface area contributed by atoms with E-state index in [0.717, 1.165) is 27.4 Å². The lowest BCUT2D eigenvalue weighted by Gasteiger charge is -2.19. The van der Waals surface area contributed by atoms with Gasteiger partial charge in [0.25, 0.3) is 15.9 Å². The fourth-order valence-corrected chi connectivity index (χ4v) is 5.33. The number of para-hydroxylation sites is 1. The lowest BCUT2D eigenvalue weighted by atomic mass is 10.2. The van der Waals surface area contributed by atoms with Gasteiger partial charge in [-0.3, -0.25) is 19.2 Å². The van der Waals surface area contributed by atoms with Crippen molar-refractivity contribution < 1.29 is 22.7 Å². The summed E-state index contributed by atoms with van der Waals surface area (Å²) >= 11 is 2.26. The first kappa shape index (κ1) is 23.7. The molecule has 0 atom stereocenters. The summed E-state index contributed by atoms with van der Waals surface area (Å²) in [7, 11) is -2.40. The summed E-state index contributed by atoms with van der Waals surface area (Å²) in [6.07, 6.45) is 0. The smallest absolute Gasteiger partial charge is 0.316 e. The van der Waals surface area contributed by atoms with Gasteiger partial charge in [-0.15, -0.1) is 10.2 Å². The van der Waals surface area contributed by atoms with Crippen molar-refractivity contribution in [3.63, 3.8) is 0 Å². The molecule has 2 aromatic carbocycles. The lowest BCUT2D eigenvalue weighted by molar-refractivity contribution is -0.139. The Bertz CT molecular complexity index is 1200. The fraction of sp³-hybridized carbons (Fsp3) is 0.200. The largest absolute Gasteiger partial charge is 0.465 e. The number of nitrogens with one attached hydrogen (secondary N) is 1. The maximum absolute atomic E-state index is 13.0. The molecule has 0 radical (unpaired) electrons. The van der Waals surface area contributed by atoms with Gasteiger partial charge in [-0.2, -0.15) is 0 Å². The van der Waals surface area contributed by atoms with Crippen LogP contribution in [0.3, 0.4) is 0 Å². The summed E-state index contributed by atoms with van der Waals surface area (Å²) in [5.41, 5.74) is 0.660. The van der Waals surface area contributed by atoms with E-state index in [1.165, 1.54) is 31.3 Å². The number of hydrogen-bond donors (Lipinski definition) is 1. The van der Waals surface area contributed by atoms with Gasteiger partial charge in [-0.1, -0.05) is 47.4 Å². The molecule has 0 aliphatic carbocycles. The summed E-state index contributed by atoms with van der Waals surface area (Å²) in [4.78, 5) is 24.0. The van der Waals surface area contributed by atoms with Crippen LogP contribution in [0.2, 0.25) is 0 Å². The molecule has 32 heavy (non-hydrogen) atoms. The van der Waals surface area contributed by atoms with E-state index < -0.39 is 15.9 Å². The molecule has 1 aromatic heterocycles. The second kappa shape index (κ2) is 10.6. The summed E-state index contributed by atoms with van der Waals surface area (Å²) < 4.78 is 32.5. The Morgan fingerprint density at radius 1 is 1.12 bits per heavy atom. The minimum atomic E-state index is -3.86. The van der Waals surface area contributed by atoms with Gasteiger partial charge < -0.3 is 4.74 Å². The molecule has 9 nitrogen and oxygen atoms in total. The fourth-order valence-electron chi connectivity index (χ4n) is 2.54. The number of anilines is 2. The molecule has 0 unspecified atom stereocenters. The van der Waals surface area contributed by atoms with Crippen molar-refractivity contribution in [2.75, 3.05) is 29.0 Å². The minimum Gasteiger partial charge on any atom is -0.465 e. The molecular formula is C20H20N4O5S3. The van der Waals surface area contributed by atoms with Crippen molar-refractivity contribution in [2.24, 2.45) is 0 Å². The molecule has 0 spiro atoms. The zero-order valence-corrected chi connectivity index (χ0v) is 19.7. The number of benzene rings is 2. The van der Waals surface area contributed by atoms with E-state index >= 15 is 0 Å². The van der Waals surface area contributed by atoms with Crippen LogP contribution >= 0.6 is 23.1 Å². The highest BCUT2D eigenvalue weighted by atomic mass is 32.2. The van der Waals surface area contributed by atoms with E-state index in [9.17, 15) is 18.0 Å². The second-order valence-electron chi connectivity index (χ2n) is 6.26. The van der Waals surface area contributed by atoms with Crippen molar-refractivity contribution in [3.05, 3.63) is 60.2 Å². The SMILES string of the molecule is CCOC(=O)CSc1nnc(NC(=O)c2cccc(S(=O)(=O)N(C)c3ccccc3)c2)s1. The molecule has 3 aromatic rings. The topological polar surface area (TPSA) is 119 Å². The summed E-state index contributed by atoms with van der Waals surface area (Å²) in [5.74, 6) is -0.801. The van der Waals surface area contributed by atoms with Crippen molar-refractivity contribution >= 4 is 55.8 Å². The highest BCUT2D eigenvalue weighted by molar-refractivity contribution is 8.01. The number of hydrogen-bond acceptors (Lipinski definition) is 9. The van der Waals surface area contributed by atoms with E-state index in [0.29, 0.717) is 16.6 Å². The van der Waals surface area contributed by atoms with Crippen molar-refractivity contribution in [1.29, 1.82) is 0 Å². The number of rotatable bonds is 9. The molecule has 0 bridgehead atoms. The maximum Gasteiger partial charge on any atom is 0.316 e. The van der Waals surface area contributed by atoms with Crippen LogP contribution in [0.15, 0.2) is 63.8 Å². The second-order valence-corrected chi connectivity index (χ2v) is 10.4. The summed E-state index contributed by atoms with van der Waals surface area (Å²) in [6.45, 7) is 2.02. The van der Waals surface area contributed by atoms with Crippen LogP contribution in [-0.2, 0) is 19.6 Å². The highest BCUT2D eigenvalue weighted by Crippen LogP contribution is 2.26. The lowest BCUT2D eigenvalue weighted by Crippen LogP contribution is -2.26. The van der Waals surface area contributed by atoms with Gasteiger partial charge in [0.1, 0.15) is 0 Å². The van der Waals surface area contributed by atoms with E-state index in [2.05, 4.69) is 15.5 Å². The number of esters is 1. The predicted octanol–water partition coefficient (Wildman–Crippen LogP) is 3.27. The Labute approximate surface area is 193 Å². The number of amides is 1. The molecule has 0 aliphatic rings. The van der Waals surface area contributed by atoms with Gasteiger partial charge in [0.05, 0.1) is 22.9 Å². The third kappa shape index (κ3) is 5.84. The summed E-state index contributed by atoms with van der Waals surface area (Å²) in [6, 6.07) is 14.4. The molecule has 0 saturated carbocycles. The molecule has 0 fully saturated rings. The van der Waals surface area contributed by atoms with Gasteiger partial charge in [-0.25, -0.2) is 8.42 Å². The van der Waals surface area contributed by atoms with Crippen molar-refractivity contribution in [2.45, 2.75) is 16.2 Å². The van der Waals surface area contributed by atoms with E-state index in [4.69, 9.17) is 4.74 Å². The van der Waals surface area contributed by atoms with Gasteiger partial charge in [-0.05, 0) is 37.3 Å². The van der Waals surface area contributed by atoms with Crippen LogP contribution in [0.5, 0.6) is 0 Å². The quantitative estimate of drug-likeness (QED) is 0.275. The molecule has 168 valence electrons. The number of thioether (sulfide) groups is 1. The average molecular weight is 493 g/mol. The zero-order chi connectivity index (χ0) is 23.1. The van der Waals surface area contributed by atoms with Crippen LogP contribution in [0.1, 0.15) is 17.3 Å². The Kier molecular flexibility index (Phi) is 7.83. The first-order valence-electron chi connectivity index (χ1n) is 9.38. The third-order valence-electron chi connectivity index (χ3n) is 4.12. The number of aromatic nitrogens is 2. The number of nitrogens with zero attached hydrogens (tertiary/aromatic N) is 3. The Morgan fingerprint density at radius 3 is 2.59 bits per heavy atom. The standard InChI is InChI=1S/C20H20N4O5S3/c1-3-29-17(25)13-30-20-23-22-19(31-20)21-18(26)14-8-7-11-16(12-14)32(27,28)24(2)15-9-5-4-6-10-15/h4-12H,3,13H2,1-2H3,(H,21,22,26). The van der Waals surface area contributed by atoms with E-state index in [-0.39, 0.29) is 27.3 Å². The Morgan fingerprint density at radius 2 is 1.88 bits per heavy atom. The number of sulfonamides is 1. The van der Waals surface area contributed by atoms with Gasteiger partial charge in [0.2, 0.25) is 5.13 Å². The molecule has 12 heteroatoms. The van der Waals surface area contributed by atoms with Gasteiger partial charge in [0, 0.05) is 12.6 Å². The molecule has 1 heterocycles. The molecule has 1 N–H and O–H groups in total. The number of ether oxygens (including phenoxy) is 1. The first-order chi connectivity index (χ1) is 15.3. The van der Waals surface area contributed by atoms with Crippen LogP contribution in [0, 0.1) is 0 Å². The normalized spacial score (nSPS) is 11.1. The van der Waals surface area contributed by atoms with Gasteiger partial charge in [0.15, 0.2) is 4.34 Å². The molecule has 0 saturated heterocycles. The van der Waals surface area contributed by atoms with Crippen molar-refractivity contribution in [1.82, 2.24) is 10.2 Å². The Hall–Kier alpha value is -2.96. The van der Waals surface area contributed by atoms with Crippen LogP contribution in [0.25, 0.3) is 0 Å². The summed E-state index contributed by atoms with van der Waals surface area (Å²) in [5, 5.41) is 10.6. The predicted molar refractivity (Wildman–Crippen MR) is 124 cm³/mol. The molecular weight excluding hydrogens is 472 g/mol. The first-order valence-corrected chi connectivity index (χ1v) is 12.6. The van der Waals surface area contributed by atoms with Crippen LogP contribution in [0.4, 0.5) is 10.8 Å². The Balaban J connectivity index is 1.70. The monoisotopic (exact) mass is 492 g/mol. The molecule has 1 amide bonds. The highest BCUT2D eigenvalue weighted by Gasteiger charge is 2.22. The van der Waals surface area contributed by atoms with Crippen LogP contribution in [-0.4, -0.2) is 49.9 Å². The maximum atomic E-state index is 13.0. The zero-order valence-electron chi connectivity index (χ0n) is 17.2. The van der Waals surface area contributed by atoms with Gasteiger partial charge >= 0.3 is 5.97 Å². The third-order valence-corrected chi connectivity index (χ3v) is 7.85. The number of carbonyl (C=O) groups is 2. The molecule has 3 rings (SSSR count). The minimum absolute atomic E-state index is 0.0144. The van der Waals surface area contributed by atoms with Crippen LogP contribution < -0.4 is 9.62 Å².